The van der Waals surface area contributed by atoms with Gasteiger partial charge in [0, 0.05) is 12.1 Å². The maximum atomic E-state index is 6.07. The van der Waals surface area contributed by atoms with Crippen molar-refractivity contribution >= 4 is 17.0 Å². The first kappa shape index (κ1) is 11.4. The second-order valence-corrected chi connectivity index (χ2v) is 5.13. The second kappa shape index (κ2) is 4.19. The van der Waals surface area contributed by atoms with Gasteiger partial charge in [0.25, 0.3) is 0 Å². The Morgan fingerprint density at radius 3 is 2.83 bits per heavy atom. The Balaban J connectivity index is 2.07. The molecule has 96 valence electrons. The second-order valence-electron chi connectivity index (χ2n) is 5.13. The van der Waals surface area contributed by atoms with Gasteiger partial charge in [-0.1, -0.05) is 6.42 Å². The molecule has 0 radical (unpaired) electrons. The number of nitrogens with zero attached hydrogens (tertiary/aromatic N) is 2. The van der Waals surface area contributed by atoms with Crippen molar-refractivity contribution < 1.29 is 4.74 Å². The van der Waals surface area contributed by atoms with E-state index in [0.717, 1.165) is 22.7 Å². The van der Waals surface area contributed by atoms with Gasteiger partial charge < -0.3 is 15.0 Å². The van der Waals surface area contributed by atoms with E-state index in [0.29, 0.717) is 12.0 Å². The summed E-state index contributed by atoms with van der Waals surface area (Å²) in [6.07, 6.45) is 3.95. The van der Waals surface area contributed by atoms with Crippen molar-refractivity contribution in [1.82, 2.24) is 9.55 Å². The van der Waals surface area contributed by atoms with Crippen LogP contribution in [0.1, 0.15) is 32.2 Å². The Hall–Kier alpha value is -1.71. The number of nitrogens with two attached hydrogens (primary N) is 1. The van der Waals surface area contributed by atoms with Gasteiger partial charge in [-0.15, -0.1) is 0 Å². The molecule has 4 nitrogen and oxygen atoms in total. The molecule has 2 aromatic rings. The van der Waals surface area contributed by atoms with E-state index < -0.39 is 0 Å². The topological polar surface area (TPSA) is 53.1 Å². The highest BCUT2D eigenvalue weighted by Crippen LogP contribution is 2.39. The summed E-state index contributed by atoms with van der Waals surface area (Å²) >= 11 is 0. The molecule has 1 heterocycles. The lowest BCUT2D eigenvalue weighted by molar-refractivity contribution is 0.227. The number of aromatic nitrogens is 2. The molecule has 1 aromatic heterocycles. The number of imidazole rings is 1. The lowest BCUT2D eigenvalue weighted by Gasteiger charge is -2.33. The van der Waals surface area contributed by atoms with Crippen LogP contribution < -0.4 is 10.5 Å². The zero-order valence-corrected chi connectivity index (χ0v) is 10.9. The SMILES string of the molecule is COc1ccc2c(c1)nc(N)n2C(C)C1CCC1. The van der Waals surface area contributed by atoms with Crippen LogP contribution in [0, 0.1) is 5.92 Å². The highest BCUT2D eigenvalue weighted by atomic mass is 16.5. The molecule has 0 saturated heterocycles. The van der Waals surface area contributed by atoms with Crippen LogP contribution in [-0.2, 0) is 0 Å². The smallest absolute Gasteiger partial charge is 0.201 e. The largest absolute Gasteiger partial charge is 0.497 e. The van der Waals surface area contributed by atoms with E-state index in [9.17, 15) is 0 Å². The zero-order chi connectivity index (χ0) is 12.7. The van der Waals surface area contributed by atoms with Crippen molar-refractivity contribution in [3.05, 3.63) is 18.2 Å². The maximum absolute atomic E-state index is 6.07. The number of benzene rings is 1. The number of ether oxygens (including phenoxy) is 1. The molecule has 0 spiro atoms. The minimum absolute atomic E-state index is 0.428. The summed E-state index contributed by atoms with van der Waals surface area (Å²) in [5, 5.41) is 0. The van der Waals surface area contributed by atoms with Gasteiger partial charge in [0.1, 0.15) is 5.75 Å². The summed E-state index contributed by atoms with van der Waals surface area (Å²) in [6, 6.07) is 6.38. The fourth-order valence-corrected chi connectivity index (χ4v) is 2.79. The number of rotatable bonds is 3. The van der Waals surface area contributed by atoms with Crippen molar-refractivity contribution in [1.29, 1.82) is 0 Å². The van der Waals surface area contributed by atoms with E-state index in [1.165, 1.54) is 19.3 Å². The fourth-order valence-electron chi connectivity index (χ4n) is 2.79. The molecule has 1 saturated carbocycles. The molecule has 4 heteroatoms. The third-order valence-corrected chi connectivity index (χ3v) is 4.16. The monoisotopic (exact) mass is 245 g/mol. The van der Waals surface area contributed by atoms with Gasteiger partial charge >= 0.3 is 0 Å². The maximum Gasteiger partial charge on any atom is 0.201 e. The van der Waals surface area contributed by atoms with E-state index in [-0.39, 0.29) is 0 Å². The van der Waals surface area contributed by atoms with Gasteiger partial charge in [-0.3, -0.25) is 0 Å². The summed E-state index contributed by atoms with van der Waals surface area (Å²) in [4.78, 5) is 4.44. The van der Waals surface area contributed by atoms with E-state index in [2.05, 4.69) is 16.5 Å². The molecular weight excluding hydrogens is 226 g/mol. The van der Waals surface area contributed by atoms with E-state index in [1.54, 1.807) is 7.11 Å². The first-order chi connectivity index (χ1) is 8.70. The quantitative estimate of drug-likeness (QED) is 0.904. The number of anilines is 1. The van der Waals surface area contributed by atoms with Crippen molar-refractivity contribution in [2.75, 3.05) is 12.8 Å². The fraction of sp³-hybridized carbons (Fsp3) is 0.500. The molecule has 1 aliphatic rings. The molecule has 0 aliphatic heterocycles. The predicted molar refractivity (Wildman–Crippen MR) is 72.7 cm³/mol. The molecule has 0 amide bonds. The highest BCUT2D eigenvalue weighted by Gasteiger charge is 2.27. The molecular formula is C14H19N3O. The Morgan fingerprint density at radius 1 is 1.44 bits per heavy atom. The summed E-state index contributed by atoms with van der Waals surface area (Å²) in [6.45, 7) is 2.24. The number of nitrogen functional groups attached to an aromatic ring is 1. The van der Waals surface area contributed by atoms with E-state index >= 15 is 0 Å². The highest BCUT2D eigenvalue weighted by molar-refractivity contribution is 5.80. The number of methoxy groups -OCH3 is 1. The summed E-state index contributed by atoms with van der Waals surface area (Å²) in [5.74, 6) is 2.17. The third kappa shape index (κ3) is 1.64. The minimum Gasteiger partial charge on any atom is -0.497 e. The molecule has 1 atom stereocenters. The van der Waals surface area contributed by atoms with Crippen molar-refractivity contribution in [2.45, 2.75) is 32.2 Å². The number of fused-ring (bicyclic) bond motifs is 1. The van der Waals surface area contributed by atoms with Crippen molar-refractivity contribution in [3.8, 4) is 5.75 Å². The summed E-state index contributed by atoms with van der Waals surface area (Å²) < 4.78 is 7.39. The van der Waals surface area contributed by atoms with E-state index in [4.69, 9.17) is 10.5 Å². The van der Waals surface area contributed by atoms with Crippen LogP contribution in [0.25, 0.3) is 11.0 Å². The van der Waals surface area contributed by atoms with Crippen LogP contribution in [0.15, 0.2) is 18.2 Å². The molecule has 1 aromatic carbocycles. The van der Waals surface area contributed by atoms with Gasteiger partial charge in [-0.25, -0.2) is 4.98 Å². The van der Waals surface area contributed by atoms with Crippen LogP contribution in [0.3, 0.4) is 0 Å². The van der Waals surface area contributed by atoms with Crippen LogP contribution in [0.4, 0.5) is 5.95 Å². The average molecular weight is 245 g/mol. The minimum atomic E-state index is 0.428. The van der Waals surface area contributed by atoms with E-state index in [1.807, 2.05) is 18.2 Å². The summed E-state index contributed by atoms with van der Waals surface area (Å²) in [5.41, 5.74) is 8.09. The Bertz CT molecular complexity index is 572. The molecule has 2 N–H and O–H groups in total. The summed E-state index contributed by atoms with van der Waals surface area (Å²) in [7, 11) is 1.67. The lowest BCUT2D eigenvalue weighted by atomic mass is 9.80. The first-order valence-corrected chi connectivity index (χ1v) is 6.52. The normalized spacial score (nSPS) is 17.7. The standard InChI is InChI=1S/C14H19N3O/c1-9(10-4-3-5-10)17-13-7-6-11(18-2)8-12(13)16-14(17)15/h6-10H,3-5H2,1-2H3,(H2,15,16). The van der Waals surface area contributed by atoms with Crippen LogP contribution in [0.5, 0.6) is 5.75 Å². The number of hydrogen-bond acceptors (Lipinski definition) is 3. The van der Waals surface area contributed by atoms with Gasteiger partial charge in [-0.2, -0.15) is 0 Å². The average Bonchev–Trinajstić information content (AvgIpc) is 2.61. The van der Waals surface area contributed by atoms with Crippen LogP contribution >= 0.6 is 0 Å². The predicted octanol–water partition coefficient (Wildman–Crippen LogP) is 2.99. The van der Waals surface area contributed by atoms with Gasteiger partial charge in [-0.05, 0) is 37.8 Å². The molecule has 1 fully saturated rings. The molecule has 1 unspecified atom stereocenters. The van der Waals surface area contributed by atoms with Crippen LogP contribution in [0.2, 0.25) is 0 Å². The van der Waals surface area contributed by atoms with Gasteiger partial charge in [0.15, 0.2) is 0 Å². The number of hydrogen-bond donors (Lipinski definition) is 1. The van der Waals surface area contributed by atoms with Gasteiger partial charge in [0.2, 0.25) is 5.95 Å². The zero-order valence-electron chi connectivity index (χ0n) is 10.9. The van der Waals surface area contributed by atoms with Crippen molar-refractivity contribution in [3.63, 3.8) is 0 Å². The van der Waals surface area contributed by atoms with Gasteiger partial charge in [0.05, 0.1) is 18.1 Å². The third-order valence-electron chi connectivity index (χ3n) is 4.16. The molecule has 3 rings (SSSR count). The Kier molecular flexibility index (Phi) is 2.65. The molecule has 1 aliphatic carbocycles. The first-order valence-electron chi connectivity index (χ1n) is 6.52. The molecule has 18 heavy (non-hydrogen) atoms. The molecule has 0 bridgehead atoms. The van der Waals surface area contributed by atoms with Crippen molar-refractivity contribution in [2.24, 2.45) is 5.92 Å². The van der Waals surface area contributed by atoms with Crippen LogP contribution in [-0.4, -0.2) is 16.7 Å². The Labute approximate surface area is 107 Å². The lowest BCUT2D eigenvalue weighted by Crippen LogP contribution is -2.23. The Morgan fingerprint density at radius 2 is 2.22 bits per heavy atom.